The van der Waals surface area contributed by atoms with Crippen molar-refractivity contribution in [1.82, 2.24) is 0 Å². The number of carbonyl (C=O) groups excluding carboxylic acids is 1. The van der Waals surface area contributed by atoms with E-state index in [9.17, 15) is 9.59 Å². The molecule has 0 aromatic rings. The summed E-state index contributed by atoms with van der Waals surface area (Å²) >= 11 is 0. The van der Waals surface area contributed by atoms with Gasteiger partial charge in [-0.25, -0.2) is 9.59 Å². The molecule has 0 bridgehead atoms. The van der Waals surface area contributed by atoms with Gasteiger partial charge in [-0.05, 0) is 0 Å². The van der Waals surface area contributed by atoms with Gasteiger partial charge in [-0.1, -0.05) is 6.58 Å². The summed E-state index contributed by atoms with van der Waals surface area (Å²) in [5, 5.41) is 8.41. The van der Waals surface area contributed by atoms with Crippen LogP contribution in [0.25, 0.3) is 0 Å². The number of hydrogen-bond donors (Lipinski definition) is 1. The third-order valence-electron chi connectivity index (χ3n) is 4.58. The molecule has 0 aromatic carbocycles. The number of carboxylic acid groups (broad SMARTS) is 1. The van der Waals surface area contributed by atoms with E-state index in [1.807, 2.05) is 0 Å². The van der Waals surface area contributed by atoms with Crippen LogP contribution >= 0.6 is 0 Å². The van der Waals surface area contributed by atoms with E-state index in [4.69, 9.17) is 61.9 Å². The van der Waals surface area contributed by atoms with Crippen molar-refractivity contribution in [1.29, 1.82) is 0 Å². The molecule has 0 fully saturated rings. The maximum Gasteiger partial charge on any atom is 0.330 e. The number of carbonyl (C=O) groups is 2. The van der Waals surface area contributed by atoms with Gasteiger partial charge in [-0.15, -0.1) is 0 Å². The summed E-state index contributed by atoms with van der Waals surface area (Å²) in [4.78, 5) is 21.1. The van der Waals surface area contributed by atoms with Crippen LogP contribution in [0.5, 0.6) is 0 Å². The van der Waals surface area contributed by atoms with Crippen LogP contribution in [0.1, 0.15) is 0 Å². The van der Waals surface area contributed by atoms with Gasteiger partial charge in [-0.2, -0.15) is 0 Å². The standard InChI is InChI=1S/C27H50O15/c1-2-27(30)42-24-23-40-20-19-38-16-15-36-12-11-34-8-7-32-4-3-31-5-6-33-9-10-35-13-14-37-17-18-39-21-22-41-25-26(28)29/h2H,1,3-25H2,(H,28,29). The van der Waals surface area contributed by atoms with Crippen LogP contribution in [0.2, 0.25) is 0 Å². The molecule has 0 heterocycles. The number of ether oxygens (including phenoxy) is 12. The number of esters is 1. The fourth-order valence-corrected chi connectivity index (χ4v) is 2.62. The van der Waals surface area contributed by atoms with Crippen molar-refractivity contribution in [3.8, 4) is 0 Å². The smallest absolute Gasteiger partial charge is 0.330 e. The zero-order chi connectivity index (χ0) is 30.6. The molecule has 0 aliphatic heterocycles. The summed E-state index contributed by atoms with van der Waals surface area (Å²) in [5.41, 5.74) is 0. The molecule has 0 saturated heterocycles. The molecular weight excluding hydrogens is 564 g/mol. The molecule has 0 unspecified atom stereocenters. The van der Waals surface area contributed by atoms with Gasteiger partial charge < -0.3 is 61.9 Å². The van der Waals surface area contributed by atoms with Gasteiger partial charge in [0.25, 0.3) is 0 Å². The van der Waals surface area contributed by atoms with Gasteiger partial charge in [0.15, 0.2) is 0 Å². The van der Waals surface area contributed by atoms with Crippen LogP contribution in [-0.2, 0) is 66.4 Å². The number of aliphatic carboxylic acids is 1. The second-order valence-corrected chi connectivity index (χ2v) is 7.94. The minimum Gasteiger partial charge on any atom is -0.480 e. The molecule has 15 heteroatoms. The summed E-state index contributed by atoms with van der Waals surface area (Å²) in [6.45, 7) is 12.4. The summed E-state index contributed by atoms with van der Waals surface area (Å²) in [6.07, 6.45) is 1.11. The average Bonchev–Trinajstić information content (AvgIpc) is 2.98. The molecule has 1 N–H and O–H groups in total. The molecule has 0 rings (SSSR count). The highest BCUT2D eigenvalue weighted by molar-refractivity contribution is 5.81. The van der Waals surface area contributed by atoms with Gasteiger partial charge in [0.2, 0.25) is 0 Å². The van der Waals surface area contributed by atoms with Crippen LogP contribution < -0.4 is 0 Å². The van der Waals surface area contributed by atoms with Crippen LogP contribution in [0.3, 0.4) is 0 Å². The Balaban J connectivity index is 3.05. The van der Waals surface area contributed by atoms with Crippen molar-refractivity contribution in [3.05, 3.63) is 12.7 Å². The Morgan fingerprint density at radius 3 is 0.833 bits per heavy atom. The van der Waals surface area contributed by atoms with Crippen molar-refractivity contribution < 1.29 is 71.5 Å². The van der Waals surface area contributed by atoms with Crippen LogP contribution in [0.4, 0.5) is 0 Å². The first kappa shape index (κ1) is 40.2. The third-order valence-corrected chi connectivity index (χ3v) is 4.58. The lowest BCUT2D eigenvalue weighted by Crippen LogP contribution is -2.15. The Morgan fingerprint density at radius 1 is 0.405 bits per heavy atom. The van der Waals surface area contributed by atoms with E-state index in [0.29, 0.717) is 132 Å². The summed E-state index contributed by atoms with van der Waals surface area (Å²) in [5.74, 6) is -1.46. The second kappa shape index (κ2) is 35.4. The Bertz CT molecular complexity index is 594. The predicted molar refractivity (Wildman–Crippen MR) is 148 cm³/mol. The minimum absolute atomic E-state index is 0.192. The number of hydrogen-bond acceptors (Lipinski definition) is 14. The molecule has 42 heavy (non-hydrogen) atoms. The highest BCUT2D eigenvalue weighted by Crippen LogP contribution is 1.87. The van der Waals surface area contributed by atoms with E-state index < -0.39 is 11.9 Å². The lowest BCUT2D eigenvalue weighted by molar-refractivity contribution is -0.143. The molecule has 0 spiro atoms. The van der Waals surface area contributed by atoms with E-state index in [0.717, 1.165) is 6.08 Å². The lowest BCUT2D eigenvalue weighted by Gasteiger charge is -2.09. The average molecular weight is 615 g/mol. The van der Waals surface area contributed by atoms with Gasteiger partial charge in [-0.3, -0.25) is 0 Å². The lowest BCUT2D eigenvalue weighted by atomic mass is 10.6. The van der Waals surface area contributed by atoms with Crippen LogP contribution in [0, 0.1) is 0 Å². The van der Waals surface area contributed by atoms with Gasteiger partial charge in [0, 0.05) is 6.08 Å². The Hall–Kier alpha value is -1.76. The first-order valence-corrected chi connectivity index (χ1v) is 14.0. The van der Waals surface area contributed by atoms with E-state index in [1.165, 1.54) is 0 Å². The Labute approximate surface area is 248 Å². The third kappa shape index (κ3) is 36.3. The largest absolute Gasteiger partial charge is 0.480 e. The molecule has 0 aromatic heterocycles. The highest BCUT2D eigenvalue weighted by atomic mass is 16.6. The molecular formula is C27H50O15. The summed E-state index contributed by atoms with van der Waals surface area (Å²) in [6, 6.07) is 0. The fraction of sp³-hybridized carbons (Fsp3) is 0.852. The second-order valence-electron chi connectivity index (χ2n) is 7.94. The number of rotatable bonds is 36. The highest BCUT2D eigenvalue weighted by Gasteiger charge is 1.98. The monoisotopic (exact) mass is 614 g/mol. The first-order valence-electron chi connectivity index (χ1n) is 14.0. The van der Waals surface area contributed by atoms with Crippen molar-refractivity contribution in [2.75, 3.05) is 152 Å². The first-order chi connectivity index (χ1) is 20.7. The van der Waals surface area contributed by atoms with E-state index in [1.54, 1.807) is 0 Å². The van der Waals surface area contributed by atoms with E-state index in [2.05, 4.69) is 6.58 Å². The molecule has 0 atom stereocenters. The molecule has 0 amide bonds. The zero-order valence-electron chi connectivity index (χ0n) is 24.7. The zero-order valence-corrected chi connectivity index (χ0v) is 24.7. The van der Waals surface area contributed by atoms with Crippen molar-refractivity contribution in [3.63, 3.8) is 0 Å². The Kier molecular flexibility index (Phi) is 34.0. The molecule has 248 valence electrons. The topological polar surface area (TPSA) is 165 Å². The van der Waals surface area contributed by atoms with Gasteiger partial charge in [0.05, 0.1) is 139 Å². The minimum atomic E-state index is -1.000. The summed E-state index contributed by atoms with van der Waals surface area (Å²) < 4.78 is 63.4. The molecule has 0 aliphatic carbocycles. The molecule has 0 saturated carbocycles. The maximum absolute atomic E-state index is 10.8. The van der Waals surface area contributed by atoms with Crippen molar-refractivity contribution >= 4 is 11.9 Å². The van der Waals surface area contributed by atoms with E-state index >= 15 is 0 Å². The molecule has 0 aliphatic rings. The van der Waals surface area contributed by atoms with Crippen LogP contribution in [-0.4, -0.2) is 169 Å². The SMILES string of the molecule is C=CC(=O)OCCOCCOCCOCCOCCOCCOCCOCCOCCOCCOCCOCC(=O)O. The molecule has 15 nitrogen and oxygen atoms in total. The molecule has 0 radical (unpaired) electrons. The van der Waals surface area contributed by atoms with E-state index in [-0.39, 0.29) is 19.8 Å². The predicted octanol–water partition coefficient (Wildman–Crippen LogP) is -0.0172. The van der Waals surface area contributed by atoms with Crippen molar-refractivity contribution in [2.45, 2.75) is 0 Å². The number of carboxylic acids is 1. The van der Waals surface area contributed by atoms with Gasteiger partial charge in [0.1, 0.15) is 13.2 Å². The van der Waals surface area contributed by atoms with Crippen molar-refractivity contribution in [2.24, 2.45) is 0 Å². The normalized spacial score (nSPS) is 11.1. The van der Waals surface area contributed by atoms with Gasteiger partial charge >= 0.3 is 11.9 Å². The quantitative estimate of drug-likeness (QED) is 0.0568. The van der Waals surface area contributed by atoms with Crippen LogP contribution in [0.15, 0.2) is 12.7 Å². The fourth-order valence-electron chi connectivity index (χ4n) is 2.62. The summed E-state index contributed by atoms with van der Waals surface area (Å²) in [7, 11) is 0. The Morgan fingerprint density at radius 2 is 0.619 bits per heavy atom. The maximum atomic E-state index is 10.8.